The monoisotopic (exact) mass is 179 g/mol. The van der Waals surface area contributed by atoms with Crippen LogP contribution >= 0.6 is 0 Å². The molecule has 0 aliphatic rings. The highest BCUT2D eigenvalue weighted by atomic mass is 16.5. The van der Waals surface area contributed by atoms with Crippen LogP contribution in [0, 0.1) is 0 Å². The molecule has 2 rings (SSSR count). The fraction of sp³-hybridized carbons (Fsp3) is 0. The number of rotatable bonds is 2. The highest BCUT2D eigenvalue weighted by Crippen LogP contribution is 2.18. The molecule has 2 aromatic rings. The molecule has 5 nitrogen and oxygen atoms in total. The maximum absolute atomic E-state index is 10.4. The van der Waals surface area contributed by atoms with Gasteiger partial charge in [0.25, 0.3) is 0 Å². The molecule has 0 bridgehead atoms. The summed E-state index contributed by atoms with van der Waals surface area (Å²) >= 11 is 0. The normalized spacial score (nSPS) is 10.2. The van der Waals surface area contributed by atoms with E-state index in [0.29, 0.717) is 11.5 Å². The van der Waals surface area contributed by atoms with E-state index in [1.54, 1.807) is 12.1 Å². The van der Waals surface area contributed by atoms with E-state index in [0.717, 1.165) is 0 Å². The van der Waals surface area contributed by atoms with Gasteiger partial charge in [-0.3, -0.25) is 0 Å². The number of aromatic carboxylic acids is 1. The summed E-state index contributed by atoms with van der Waals surface area (Å²) in [6.07, 6.45) is 1.48. The summed E-state index contributed by atoms with van der Waals surface area (Å²) in [7, 11) is 0. The summed E-state index contributed by atoms with van der Waals surface area (Å²) in [5.74, 6) is -0.868. The van der Waals surface area contributed by atoms with Crippen molar-refractivity contribution in [2.24, 2.45) is 0 Å². The minimum absolute atomic E-state index is 0.202. The van der Waals surface area contributed by atoms with Gasteiger partial charge in [0, 0.05) is 6.07 Å². The van der Waals surface area contributed by atoms with Gasteiger partial charge in [-0.05, 0) is 12.1 Å². The lowest BCUT2D eigenvalue weighted by molar-refractivity contribution is 0.0652. The van der Waals surface area contributed by atoms with Gasteiger partial charge in [0.2, 0.25) is 5.76 Å². The van der Waals surface area contributed by atoms with Crippen LogP contribution in [0.4, 0.5) is 0 Å². The maximum Gasteiger partial charge on any atom is 0.374 e. The van der Waals surface area contributed by atoms with Gasteiger partial charge < -0.3 is 14.0 Å². The first kappa shape index (κ1) is 7.60. The quantitative estimate of drug-likeness (QED) is 0.758. The number of hydrogen-bond donors (Lipinski definition) is 1. The van der Waals surface area contributed by atoms with Gasteiger partial charge in [-0.1, -0.05) is 5.16 Å². The van der Waals surface area contributed by atoms with Crippen molar-refractivity contribution in [3.8, 4) is 11.5 Å². The molecular formula is C8H5NO4. The Labute approximate surface area is 72.6 Å². The number of carboxylic acids is 1. The molecule has 5 heteroatoms. The molecule has 1 N–H and O–H groups in total. The highest BCUT2D eigenvalue weighted by Gasteiger charge is 2.13. The Morgan fingerprint density at radius 1 is 1.54 bits per heavy atom. The molecule has 13 heavy (non-hydrogen) atoms. The van der Waals surface area contributed by atoms with Crippen LogP contribution in [-0.2, 0) is 0 Å². The van der Waals surface area contributed by atoms with Crippen molar-refractivity contribution < 1.29 is 18.8 Å². The van der Waals surface area contributed by atoms with E-state index in [4.69, 9.17) is 9.52 Å². The second-order valence-electron chi connectivity index (χ2n) is 2.36. The Bertz CT molecular complexity index is 415. The fourth-order valence-corrected chi connectivity index (χ4v) is 0.916. The zero-order chi connectivity index (χ0) is 9.26. The van der Waals surface area contributed by atoms with Gasteiger partial charge in [-0.15, -0.1) is 0 Å². The molecule has 0 saturated heterocycles. The Balaban J connectivity index is 2.39. The Morgan fingerprint density at radius 3 is 2.92 bits per heavy atom. The Hall–Kier alpha value is -2.04. The molecule has 0 aliphatic heterocycles. The van der Waals surface area contributed by atoms with Crippen molar-refractivity contribution in [2.75, 3.05) is 0 Å². The van der Waals surface area contributed by atoms with Crippen LogP contribution in [0.15, 0.2) is 33.4 Å². The first-order valence-corrected chi connectivity index (χ1v) is 3.51. The zero-order valence-corrected chi connectivity index (χ0v) is 6.43. The SMILES string of the molecule is O=C(O)c1cc(-c2ccco2)no1. The summed E-state index contributed by atoms with van der Waals surface area (Å²) in [6, 6.07) is 4.66. The lowest BCUT2D eigenvalue weighted by atomic mass is 10.3. The third-order valence-electron chi connectivity index (χ3n) is 1.49. The number of furan rings is 1. The smallest absolute Gasteiger partial charge is 0.374 e. The van der Waals surface area contributed by atoms with Crippen molar-refractivity contribution in [3.63, 3.8) is 0 Å². The van der Waals surface area contributed by atoms with Crippen LogP contribution in [0.5, 0.6) is 0 Å². The van der Waals surface area contributed by atoms with Gasteiger partial charge in [0.05, 0.1) is 6.26 Å². The van der Waals surface area contributed by atoms with Crippen LogP contribution in [0.3, 0.4) is 0 Å². The van der Waals surface area contributed by atoms with E-state index in [2.05, 4.69) is 9.68 Å². The third-order valence-corrected chi connectivity index (χ3v) is 1.49. The minimum atomic E-state index is -1.15. The summed E-state index contributed by atoms with van der Waals surface area (Å²) < 4.78 is 9.54. The fourth-order valence-electron chi connectivity index (χ4n) is 0.916. The largest absolute Gasteiger partial charge is 0.475 e. The molecule has 0 saturated carbocycles. The maximum atomic E-state index is 10.4. The number of nitrogens with zero attached hydrogens (tertiary/aromatic N) is 1. The molecule has 2 heterocycles. The van der Waals surface area contributed by atoms with Crippen molar-refractivity contribution in [2.45, 2.75) is 0 Å². The summed E-state index contributed by atoms with van der Waals surface area (Å²) in [6.45, 7) is 0. The molecule has 0 radical (unpaired) electrons. The second kappa shape index (κ2) is 2.78. The van der Waals surface area contributed by atoms with Gasteiger partial charge in [0.1, 0.15) is 5.69 Å². The van der Waals surface area contributed by atoms with Crippen LogP contribution in [0.1, 0.15) is 10.6 Å². The van der Waals surface area contributed by atoms with Crippen LogP contribution < -0.4 is 0 Å². The average Bonchev–Trinajstić information content (AvgIpc) is 2.75. The van der Waals surface area contributed by atoms with Gasteiger partial charge >= 0.3 is 5.97 Å². The first-order valence-electron chi connectivity index (χ1n) is 3.51. The molecule has 0 spiro atoms. The van der Waals surface area contributed by atoms with Crippen molar-refractivity contribution >= 4 is 5.97 Å². The second-order valence-corrected chi connectivity index (χ2v) is 2.36. The first-order chi connectivity index (χ1) is 6.27. The standard InChI is InChI=1S/C8H5NO4/c10-8(11)7-4-5(9-13-7)6-2-1-3-12-6/h1-4H,(H,10,11). The van der Waals surface area contributed by atoms with Crippen LogP contribution in [-0.4, -0.2) is 16.2 Å². The van der Waals surface area contributed by atoms with Gasteiger partial charge in [-0.2, -0.15) is 0 Å². The van der Waals surface area contributed by atoms with E-state index in [9.17, 15) is 4.79 Å². The Kier molecular flexibility index (Phi) is 1.63. The minimum Gasteiger partial charge on any atom is -0.475 e. The lowest BCUT2D eigenvalue weighted by Gasteiger charge is -1.82. The molecule has 0 aliphatic carbocycles. The van der Waals surface area contributed by atoms with Crippen molar-refractivity contribution in [1.29, 1.82) is 0 Å². The van der Waals surface area contributed by atoms with E-state index >= 15 is 0 Å². The van der Waals surface area contributed by atoms with E-state index in [1.165, 1.54) is 12.3 Å². The van der Waals surface area contributed by atoms with Crippen molar-refractivity contribution in [1.82, 2.24) is 5.16 Å². The topological polar surface area (TPSA) is 76.5 Å². The summed E-state index contributed by atoms with van der Waals surface area (Å²) in [5.41, 5.74) is 0.377. The van der Waals surface area contributed by atoms with Crippen LogP contribution in [0.2, 0.25) is 0 Å². The predicted molar refractivity (Wildman–Crippen MR) is 41.2 cm³/mol. The highest BCUT2D eigenvalue weighted by molar-refractivity contribution is 5.85. The molecule has 0 unspecified atom stereocenters. The molecule has 0 atom stereocenters. The number of carboxylic acid groups (broad SMARTS) is 1. The average molecular weight is 179 g/mol. The molecule has 0 amide bonds. The summed E-state index contributed by atoms with van der Waals surface area (Å²) in [5, 5.41) is 12.1. The lowest BCUT2D eigenvalue weighted by Crippen LogP contribution is -1.91. The molecule has 0 fully saturated rings. The molecular weight excluding hydrogens is 174 g/mol. The van der Waals surface area contributed by atoms with Gasteiger partial charge in [-0.25, -0.2) is 4.79 Å². The van der Waals surface area contributed by atoms with Crippen LogP contribution in [0.25, 0.3) is 11.5 Å². The molecule has 66 valence electrons. The summed E-state index contributed by atoms with van der Waals surface area (Å²) in [4.78, 5) is 10.4. The number of aromatic nitrogens is 1. The zero-order valence-electron chi connectivity index (χ0n) is 6.43. The third kappa shape index (κ3) is 1.31. The van der Waals surface area contributed by atoms with Crippen molar-refractivity contribution in [3.05, 3.63) is 30.2 Å². The van der Waals surface area contributed by atoms with E-state index in [-0.39, 0.29) is 5.76 Å². The number of carbonyl (C=O) groups is 1. The Morgan fingerprint density at radius 2 is 2.38 bits per heavy atom. The van der Waals surface area contributed by atoms with E-state index in [1.807, 2.05) is 0 Å². The molecule has 0 aromatic carbocycles. The predicted octanol–water partition coefficient (Wildman–Crippen LogP) is 1.63. The van der Waals surface area contributed by atoms with E-state index < -0.39 is 5.97 Å². The van der Waals surface area contributed by atoms with Gasteiger partial charge in [0.15, 0.2) is 5.76 Å². The molecule has 2 aromatic heterocycles. The number of hydrogen-bond acceptors (Lipinski definition) is 4.